The van der Waals surface area contributed by atoms with Crippen molar-refractivity contribution in [3.05, 3.63) is 66.5 Å². The fraction of sp³-hybridized carbons (Fsp3) is 0.176. The highest BCUT2D eigenvalue weighted by atomic mass is 35.5. The number of nitrogens with one attached hydrogen (secondary N) is 1. The van der Waals surface area contributed by atoms with Gasteiger partial charge in [0.15, 0.2) is 5.75 Å². The highest BCUT2D eigenvalue weighted by molar-refractivity contribution is 6.37. The molecule has 0 radical (unpaired) electrons. The lowest BCUT2D eigenvalue weighted by Gasteiger charge is -2.12. The second kappa shape index (κ2) is 7.80. The molecule has 0 spiro atoms. The van der Waals surface area contributed by atoms with Crippen LogP contribution in [0.5, 0.6) is 11.6 Å². The maximum atomic E-state index is 12.0. The summed E-state index contributed by atoms with van der Waals surface area (Å²) in [7, 11) is 0. The summed E-state index contributed by atoms with van der Waals surface area (Å²) in [5.74, 6) is 0.535. The van der Waals surface area contributed by atoms with Gasteiger partial charge >= 0.3 is 5.69 Å². The van der Waals surface area contributed by atoms with Gasteiger partial charge in [-0.3, -0.25) is 9.78 Å². The molecule has 0 amide bonds. The Hall–Kier alpha value is -3.22. The first-order chi connectivity index (χ1) is 13.3. The average Bonchev–Trinajstić information content (AvgIpc) is 2.65. The summed E-state index contributed by atoms with van der Waals surface area (Å²) >= 11 is 12.5. The van der Waals surface area contributed by atoms with Gasteiger partial charge < -0.3 is 4.74 Å². The van der Waals surface area contributed by atoms with Crippen molar-refractivity contribution < 1.29 is 4.74 Å². The quantitative estimate of drug-likeness (QED) is 0.689. The van der Waals surface area contributed by atoms with Crippen LogP contribution >= 0.6 is 23.2 Å². The number of aromatic nitrogens is 5. The van der Waals surface area contributed by atoms with E-state index in [0.717, 1.165) is 10.2 Å². The summed E-state index contributed by atoms with van der Waals surface area (Å²) in [5, 5.41) is 20.5. The Morgan fingerprint density at radius 2 is 1.89 bits per heavy atom. The fourth-order valence-corrected chi connectivity index (χ4v) is 2.80. The van der Waals surface area contributed by atoms with Crippen LogP contribution in [0.1, 0.15) is 31.0 Å². The van der Waals surface area contributed by atoms with Crippen LogP contribution < -0.4 is 16.0 Å². The van der Waals surface area contributed by atoms with Gasteiger partial charge in [-0.15, -0.1) is 10.2 Å². The normalized spacial score (nSPS) is 10.7. The topological polar surface area (TPSA) is 127 Å². The molecule has 142 valence electrons. The zero-order valence-electron chi connectivity index (χ0n) is 14.6. The van der Waals surface area contributed by atoms with Crippen molar-refractivity contribution in [1.29, 1.82) is 5.26 Å². The van der Waals surface area contributed by atoms with Crippen LogP contribution in [0.25, 0.3) is 5.69 Å². The molecule has 2 aromatic heterocycles. The molecule has 1 aromatic carbocycles. The Kier molecular flexibility index (Phi) is 5.44. The van der Waals surface area contributed by atoms with Crippen molar-refractivity contribution in [1.82, 2.24) is 25.0 Å². The highest BCUT2D eigenvalue weighted by Crippen LogP contribution is 2.37. The molecular weight excluding hydrogens is 407 g/mol. The lowest BCUT2D eigenvalue weighted by Crippen LogP contribution is -2.33. The maximum Gasteiger partial charge on any atom is 0.349 e. The predicted octanol–water partition coefficient (Wildman–Crippen LogP) is 2.80. The number of halogens is 2. The van der Waals surface area contributed by atoms with Gasteiger partial charge in [0.05, 0.1) is 21.9 Å². The minimum absolute atomic E-state index is 0.0673. The van der Waals surface area contributed by atoms with E-state index in [2.05, 4.69) is 15.3 Å². The monoisotopic (exact) mass is 418 g/mol. The lowest BCUT2D eigenvalue weighted by molar-refractivity contribution is 0.454. The second-order valence-electron chi connectivity index (χ2n) is 5.95. The third-order valence-electron chi connectivity index (χ3n) is 3.69. The van der Waals surface area contributed by atoms with E-state index in [-0.39, 0.29) is 33.3 Å². The van der Waals surface area contributed by atoms with Gasteiger partial charge in [0, 0.05) is 6.07 Å². The number of aromatic amines is 1. The zero-order chi connectivity index (χ0) is 20.4. The highest BCUT2D eigenvalue weighted by Gasteiger charge is 2.16. The molecular formula is C17H12Cl2N6O3. The molecule has 0 aliphatic heterocycles. The molecule has 0 bridgehead atoms. The Morgan fingerprint density at radius 1 is 1.21 bits per heavy atom. The summed E-state index contributed by atoms with van der Waals surface area (Å²) in [6.07, 6.45) is 1.63. The number of hydrogen-bond donors (Lipinski definition) is 1. The first kappa shape index (κ1) is 19.5. The van der Waals surface area contributed by atoms with Crippen molar-refractivity contribution in [2.24, 2.45) is 0 Å². The van der Waals surface area contributed by atoms with Crippen LogP contribution in [0, 0.1) is 11.3 Å². The number of nitriles is 1. The van der Waals surface area contributed by atoms with Crippen LogP contribution in [0.3, 0.4) is 0 Å². The molecule has 3 aromatic rings. The van der Waals surface area contributed by atoms with Gasteiger partial charge in [-0.25, -0.2) is 4.79 Å². The van der Waals surface area contributed by atoms with Gasteiger partial charge in [0.2, 0.25) is 11.6 Å². The van der Waals surface area contributed by atoms with Crippen LogP contribution in [0.2, 0.25) is 10.0 Å². The Morgan fingerprint density at radius 3 is 2.50 bits per heavy atom. The summed E-state index contributed by atoms with van der Waals surface area (Å²) < 4.78 is 6.47. The van der Waals surface area contributed by atoms with Gasteiger partial charge in [-0.05, 0) is 23.6 Å². The number of nitrogens with zero attached hydrogens (tertiary/aromatic N) is 5. The van der Waals surface area contributed by atoms with E-state index in [4.69, 9.17) is 33.2 Å². The summed E-state index contributed by atoms with van der Waals surface area (Å²) in [6, 6.07) is 6.03. The van der Waals surface area contributed by atoms with Gasteiger partial charge in [-0.2, -0.15) is 15.0 Å². The van der Waals surface area contributed by atoms with Gasteiger partial charge in [-0.1, -0.05) is 37.0 Å². The van der Waals surface area contributed by atoms with E-state index in [0.29, 0.717) is 0 Å². The fourth-order valence-electron chi connectivity index (χ4n) is 2.25. The van der Waals surface area contributed by atoms with Gasteiger partial charge in [0.1, 0.15) is 6.07 Å². The Balaban J connectivity index is 2.03. The second-order valence-corrected chi connectivity index (χ2v) is 6.77. The number of rotatable bonds is 4. The van der Waals surface area contributed by atoms with Gasteiger partial charge in [0.25, 0.3) is 5.56 Å². The Bertz CT molecular complexity index is 1190. The molecule has 28 heavy (non-hydrogen) atoms. The van der Waals surface area contributed by atoms with Crippen LogP contribution in [0.15, 0.2) is 34.0 Å². The van der Waals surface area contributed by atoms with Crippen molar-refractivity contribution in [2.75, 3.05) is 0 Å². The van der Waals surface area contributed by atoms with Crippen LogP contribution in [-0.4, -0.2) is 25.0 Å². The van der Waals surface area contributed by atoms with Crippen molar-refractivity contribution in [2.45, 2.75) is 19.8 Å². The smallest absolute Gasteiger partial charge is 0.349 e. The SMILES string of the molecule is CC(C)c1cnnc(Oc2c(Cl)cc(-n3nc(C#N)c(=O)[nH]c3=O)cc2Cl)c1. The summed E-state index contributed by atoms with van der Waals surface area (Å²) in [6.45, 7) is 4.00. The van der Waals surface area contributed by atoms with E-state index in [1.54, 1.807) is 18.3 Å². The van der Waals surface area contributed by atoms with E-state index in [9.17, 15) is 9.59 Å². The van der Waals surface area contributed by atoms with Crippen LogP contribution in [-0.2, 0) is 0 Å². The third kappa shape index (κ3) is 3.88. The Labute approximate surface area is 168 Å². The molecule has 0 saturated carbocycles. The maximum absolute atomic E-state index is 12.0. The number of hydrogen-bond acceptors (Lipinski definition) is 7. The van der Waals surface area contributed by atoms with E-state index in [1.807, 2.05) is 18.8 Å². The van der Waals surface area contributed by atoms with E-state index >= 15 is 0 Å². The minimum Gasteiger partial charge on any atom is -0.434 e. The molecule has 0 aliphatic rings. The summed E-state index contributed by atoms with van der Waals surface area (Å²) in [5.41, 5.74) is -1.15. The van der Waals surface area contributed by atoms with E-state index in [1.165, 1.54) is 12.1 Å². The molecule has 0 atom stereocenters. The molecule has 3 rings (SSSR count). The molecule has 9 nitrogen and oxygen atoms in total. The number of benzene rings is 1. The number of ether oxygens (including phenoxy) is 1. The largest absolute Gasteiger partial charge is 0.434 e. The molecule has 0 unspecified atom stereocenters. The molecule has 0 aliphatic carbocycles. The third-order valence-corrected chi connectivity index (χ3v) is 4.25. The first-order valence-corrected chi connectivity index (χ1v) is 8.69. The molecule has 2 heterocycles. The van der Waals surface area contributed by atoms with Crippen molar-refractivity contribution in [3.63, 3.8) is 0 Å². The molecule has 0 fully saturated rings. The average molecular weight is 419 g/mol. The predicted molar refractivity (Wildman–Crippen MR) is 101 cm³/mol. The minimum atomic E-state index is -0.885. The molecule has 11 heteroatoms. The van der Waals surface area contributed by atoms with Crippen molar-refractivity contribution in [3.8, 4) is 23.4 Å². The molecule has 1 N–H and O–H groups in total. The van der Waals surface area contributed by atoms with Crippen molar-refractivity contribution >= 4 is 23.2 Å². The van der Waals surface area contributed by atoms with E-state index < -0.39 is 16.9 Å². The zero-order valence-corrected chi connectivity index (χ0v) is 16.1. The summed E-state index contributed by atoms with van der Waals surface area (Å²) in [4.78, 5) is 25.5. The van der Waals surface area contributed by atoms with Crippen LogP contribution in [0.4, 0.5) is 0 Å². The number of H-pyrrole nitrogens is 1. The first-order valence-electron chi connectivity index (χ1n) is 7.93. The molecule has 0 saturated heterocycles. The lowest BCUT2D eigenvalue weighted by atomic mass is 10.1. The standard InChI is InChI=1S/C17H12Cl2N6O3/c1-8(2)9-3-14(23-21-7-9)28-15-11(18)4-10(5-12(15)19)25-17(27)22-16(26)13(6-20)24-25/h3-5,7-8H,1-2H3,(H,22,26,27).